The van der Waals surface area contributed by atoms with Gasteiger partial charge in [-0.3, -0.25) is 113 Å². The van der Waals surface area contributed by atoms with E-state index in [-0.39, 0.29) is 116 Å². The van der Waals surface area contributed by atoms with Crippen LogP contribution >= 0.6 is 64.8 Å². The summed E-state index contributed by atoms with van der Waals surface area (Å²) in [6, 6.07) is -20.3. The Morgan fingerprint density at radius 1 is 0.350 bits per heavy atom. The fourth-order valence-electron chi connectivity index (χ4n) is 14.7. The number of hydrogen-bond donors (Lipinski definition) is 35. The summed E-state index contributed by atoms with van der Waals surface area (Å²) in [5.41, 5.74) is 29.2. The van der Waals surface area contributed by atoms with Gasteiger partial charge in [-0.1, -0.05) is 131 Å². The SMILES string of the molecule is CC[C@H](C)[C@@H]1NC(=O)[C@@H]2CSSC[C@H](NC(=O)[C@H](CCCNC(=N)N)NC(=O)[C@@H]3CSSC[C@H](NC1=O)C(=O)N[C@@H]([C@@H](C)O)C(=O)N[C@@H](CCCNC(=N)N)C(=O)NCC(=O)N[C@@H](Cc1c[nH]c4ccccc14)C(=O)N3)C(=O)N[C@@H](CC(C)C)C(=O)N[C@H]1CSSC[C@H](NC(=O)[C@H](C(C)C)NC(=O)CNC(=O)[C@H](CCCNC(=N)N)NC(=O)[C@H](CCCNC(=N)N)NC1=O)C(=O)N[C@@H](CCCNC(=N)N)C(=O)N2. The van der Waals surface area contributed by atoms with Crippen LogP contribution in [0.4, 0.5) is 0 Å². The van der Waals surface area contributed by atoms with Crippen LogP contribution in [-0.4, -0.2) is 329 Å². The molecule has 18 amide bonds. The third-order valence-electron chi connectivity index (χ3n) is 22.6. The second-order valence-corrected chi connectivity index (χ2v) is 42.6. The molecule has 2 aromatic rings. The highest BCUT2D eigenvalue weighted by atomic mass is 33.1. The lowest BCUT2D eigenvalue weighted by Gasteiger charge is -2.30. The molecule has 5 heterocycles. The molecular weight excluding hydrogens is 1980 g/mol. The summed E-state index contributed by atoms with van der Waals surface area (Å²) < 4.78 is 0. The summed E-state index contributed by atoms with van der Waals surface area (Å²) in [6.07, 6.45) is -2.07. The maximum absolute atomic E-state index is 15.8. The highest BCUT2D eigenvalue weighted by Crippen LogP contribution is 2.29. The van der Waals surface area contributed by atoms with Crippen LogP contribution in [0.3, 0.4) is 0 Å². The lowest BCUT2D eigenvalue weighted by molar-refractivity contribution is -0.137. The lowest BCUT2D eigenvalue weighted by Crippen LogP contribution is -2.63. The number of fused-ring (bicyclic) bond motifs is 16. The van der Waals surface area contributed by atoms with Crippen molar-refractivity contribution >= 4 is 212 Å². The summed E-state index contributed by atoms with van der Waals surface area (Å²) in [7, 11) is 4.83. The molecule has 4 aliphatic rings. The lowest BCUT2D eigenvalue weighted by atomic mass is 9.97. The van der Waals surface area contributed by atoms with E-state index in [0.717, 1.165) is 71.7 Å². The van der Waals surface area contributed by atoms with Crippen LogP contribution in [-0.2, 0) is 92.7 Å². The molecule has 6 rings (SSSR count). The van der Waals surface area contributed by atoms with Crippen molar-refractivity contribution in [1.82, 2.24) is 127 Å². The van der Waals surface area contributed by atoms with E-state index in [9.17, 15) is 38.7 Å². The van der Waals surface area contributed by atoms with Crippen molar-refractivity contribution < 1.29 is 91.4 Å². The van der Waals surface area contributed by atoms with E-state index >= 15 is 52.7 Å². The average Bonchev–Trinajstić information content (AvgIpc) is 1.64. The van der Waals surface area contributed by atoms with Gasteiger partial charge in [-0.2, -0.15) is 0 Å². The van der Waals surface area contributed by atoms with E-state index in [1.807, 2.05) is 0 Å². The number of H-pyrrole nitrogens is 1. The third-order valence-corrected chi connectivity index (χ3v) is 29.9. The van der Waals surface area contributed by atoms with E-state index < -0.39 is 304 Å². The normalized spacial score (nSPS) is 25.8. The number of rotatable bonds is 28. The number of guanidine groups is 5. The van der Waals surface area contributed by atoms with Crippen molar-refractivity contribution in [2.24, 2.45) is 46.4 Å². The van der Waals surface area contributed by atoms with Crippen molar-refractivity contribution in [1.29, 1.82) is 27.0 Å². The van der Waals surface area contributed by atoms with Crippen molar-refractivity contribution in [3.8, 4) is 0 Å². The largest absolute Gasteiger partial charge is 0.391 e. The molecule has 0 unspecified atom stereocenters. The first-order chi connectivity index (χ1) is 67.8. The van der Waals surface area contributed by atoms with Crippen molar-refractivity contribution in [3.05, 3.63) is 36.0 Å². The number of nitrogens with two attached hydrogens (primary N) is 5. The van der Waals surface area contributed by atoms with Crippen LogP contribution < -0.4 is 151 Å². The number of benzene rings is 1. The smallest absolute Gasteiger partial charge is 0.245 e. The molecule has 40 N–H and O–H groups in total. The van der Waals surface area contributed by atoms with Crippen LogP contribution in [0, 0.1) is 44.8 Å². The molecule has 1 aromatic carbocycles. The Kier molecular flexibility index (Phi) is 51.4. The molecule has 1 aromatic heterocycles. The molecule has 18 atom stereocenters. The number of para-hydroxylation sites is 1. The Balaban J connectivity index is 1.63. The van der Waals surface area contributed by atoms with Gasteiger partial charge >= 0.3 is 0 Å². The van der Waals surface area contributed by atoms with Crippen LogP contribution in [0.2, 0.25) is 0 Å². The first-order valence-electron chi connectivity index (χ1n) is 46.6. The Labute approximate surface area is 849 Å². The Bertz CT molecular complexity index is 4810. The standard InChI is InChI=1S/C84H138N34O19S6/c1-8-41(6)62-78(136)115-58-38-143-139-34-54(113-70(128)52(29-43-30-100-45-17-10-9-16-44(43)45)103-59(120)31-101-65(123)47(19-12-24-96-81(87)88)108-79(137)63(42(7)119)118-76(58)134)72(130)106-49(21-14-26-98-83(91)92)67(125)110-55-35-140-142-37-57(75(133)117-62)111-68(126)50(22-15-27-99-84(93)94)107-73(131)56-36-141-138-33-53(112-69(127)51(28-39(2)3)109-74(55)132)71(129)105-48(20-13-25-97-82(89)90)66(124)104-46(18-11-23-95-80(85)86)64(122)102-32-60(121)116-61(40(4)5)77(135)114-56/h9-10,16-17,30,39-42,46-58,61-63,100,119H,8,11-15,18-29,31-38H2,1-7H3,(H,101,123)(H,102,122)(H,103,120)(H,104,124)(H,105,129)(H,106,130)(H,107,131)(H,108,137)(H,109,132)(H,110,125)(H,111,126)(H,112,127)(H,113,128)(H,114,135)(H,115,136)(H,116,121)(H,117,133)(H,118,134)(H4,85,86,95)(H4,87,88,96)(H4,89,90,97)(H4,91,92,98)(H4,93,94,99)/t41-,42+,46-,47-,48-,49-,50-,51-,52-,53-,54-,55-,56-,57-,58-,61-,62-,63-/m0/s1. The van der Waals surface area contributed by atoms with E-state index in [2.05, 4.69) is 127 Å². The molecule has 794 valence electrons. The Morgan fingerprint density at radius 3 is 0.986 bits per heavy atom. The van der Waals surface area contributed by atoms with Crippen molar-refractivity contribution in [3.63, 3.8) is 0 Å². The van der Waals surface area contributed by atoms with Gasteiger partial charge in [-0.15, -0.1) is 0 Å². The number of nitrogens with one attached hydrogen (secondary N) is 29. The number of carbonyl (C=O) groups excluding carboxylic acids is 18. The summed E-state index contributed by atoms with van der Waals surface area (Å²) in [5, 5.41) is 112. The molecule has 4 aliphatic heterocycles. The van der Waals surface area contributed by atoms with Gasteiger partial charge in [0, 0.05) is 90.8 Å². The number of amides is 18. The fourth-order valence-corrected chi connectivity index (χ4v) is 21.6. The molecule has 59 heteroatoms. The third kappa shape index (κ3) is 42.2. The Morgan fingerprint density at radius 2 is 0.636 bits per heavy atom. The van der Waals surface area contributed by atoms with Crippen LogP contribution in [0.25, 0.3) is 10.9 Å². The summed E-state index contributed by atoms with van der Waals surface area (Å²) in [6.45, 7) is 8.83. The maximum atomic E-state index is 15.8. The highest BCUT2D eigenvalue weighted by Gasteiger charge is 2.42. The minimum atomic E-state index is -1.94. The topological polar surface area (TPSA) is 869 Å². The van der Waals surface area contributed by atoms with Crippen LogP contribution in [0.15, 0.2) is 30.5 Å². The molecule has 0 radical (unpaired) electrons. The van der Waals surface area contributed by atoms with Crippen LogP contribution in [0.5, 0.6) is 0 Å². The summed E-state index contributed by atoms with van der Waals surface area (Å²) in [5.74, 6) is -26.6. The molecule has 0 spiro atoms. The molecule has 6 bridgehead atoms. The van der Waals surface area contributed by atoms with Gasteiger partial charge in [0.05, 0.1) is 19.2 Å². The van der Waals surface area contributed by atoms with E-state index in [1.165, 1.54) is 0 Å². The second kappa shape index (κ2) is 61.6. The predicted molar refractivity (Wildman–Crippen MR) is 545 cm³/mol. The Hall–Kier alpha value is -12.4. The van der Waals surface area contributed by atoms with Crippen LogP contribution in [0.1, 0.15) is 131 Å². The number of aliphatic hydroxyl groups is 1. The molecule has 53 nitrogen and oxygen atoms in total. The summed E-state index contributed by atoms with van der Waals surface area (Å²) in [4.78, 5) is 276. The predicted octanol–water partition coefficient (Wildman–Crippen LogP) is -8.66. The van der Waals surface area contributed by atoms with Gasteiger partial charge in [0.1, 0.15) is 96.7 Å². The van der Waals surface area contributed by atoms with Gasteiger partial charge in [-0.05, 0) is 107 Å². The number of carbonyl (C=O) groups is 18. The maximum Gasteiger partial charge on any atom is 0.245 e. The highest BCUT2D eigenvalue weighted by molar-refractivity contribution is 8.77. The molecular formula is C84H138N34O19S6. The number of hydrogen-bond acceptors (Lipinski definition) is 30. The van der Waals surface area contributed by atoms with Crippen molar-refractivity contribution in [2.75, 3.05) is 80.3 Å². The zero-order chi connectivity index (χ0) is 106. The molecule has 4 saturated heterocycles. The first-order valence-corrected chi connectivity index (χ1v) is 54.0. The zero-order valence-corrected chi connectivity index (χ0v) is 85.3. The fraction of sp³-hybridized carbons (Fsp3) is 0.631. The first kappa shape index (κ1) is 119. The average molecular weight is 2120 g/mol. The number of aromatic nitrogens is 1. The molecule has 4 fully saturated rings. The quantitative estimate of drug-likeness (QED) is 0.0163. The van der Waals surface area contributed by atoms with Gasteiger partial charge in [0.15, 0.2) is 29.8 Å². The van der Waals surface area contributed by atoms with E-state index in [4.69, 9.17) is 55.7 Å². The van der Waals surface area contributed by atoms with Gasteiger partial charge < -0.3 is 161 Å². The minimum absolute atomic E-state index is 0.00524. The number of aromatic amines is 1. The number of aliphatic hydroxyl groups excluding tert-OH is 1. The zero-order valence-electron chi connectivity index (χ0n) is 80.5. The second-order valence-electron chi connectivity index (χ2n) is 35.0. The van der Waals surface area contributed by atoms with Gasteiger partial charge in [0.2, 0.25) is 106 Å². The minimum Gasteiger partial charge on any atom is -0.391 e. The van der Waals surface area contributed by atoms with Gasteiger partial charge in [-0.25, -0.2) is 0 Å². The summed E-state index contributed by atoms with van der Waals surface area (Å²) >= 11 is 0. The van der Waals surface area contributed by atoms with E-state index in [0.29, 0.717) is 16.5 Å². The monoisotopic (exact) mass is 2120 g/mol. The van der Waals surface area contributed by atoms with Gasteiger partial charge in [0.25, 0.3) is 0 Å². The molecule has 0 aliphatic carbocycles. The van der Waals surface area contributed by atoms with E-state index in [1.54, 1.807) is 72.0 Å². The molecule has 0 saturated carbocycles. The molecule has 143 heavy (non-hydrogen) atoms. The van der Waals surface area contributed by atoms with Crippen molar-refractivity contribution in [2.45, 2.75) is 235 Å².